The van der Waals surface area contributed by atoms with Gasteiger partial charge in [-0.05, 0) is 42.5 Å². The Kier molecular flexibility index (Phi) is 21.2. The Balaban J connectivity index is -0.00000218. The number of nitrogens with zero attached hydrogens (tertiary/aromatic N) is 1. The quantitative estimate of drug-likeness (QED) is 0.155. The normalized spacial score (nSPS) is 10.2. The number of anilines is 1. The molecule has 1 aromatic carbocycles. The molecule has 0 radical (unpaired) electrons. The molecule has 0 aliphatic carbocycles. The summed E-state index contributed by atoms with van der Waals surface area (Å²) < 4.78 is 0. The molecule has 2 aromatic heterocycles. The van der Waals surface area contributed by atoms with Crippen molar-refractivity contribution in [1.82, 2.24) is 20.3 Å². The number of carbonyl (C=O) groups is 3. The number of H-pyrrole nitrogens is 2. The van der Waals surface area contributed by atoms with Crippen LogP contribution in [-0.2, 0) is 22.4 Å². The molecule has 12 nitrogen and oxygen atoms in total. The van der Waals surface area contributed by atoms with Crippen LogP contribution in [0.1, 0.15) is 34.3 Å². The zero-order valence-corrected chi connectivity index (χ0v) is 16.8. The van der Waals surface area contributed by atoms with Gasteiger partial charge in [-0.3, -0.25) is 14.4 Å². The molecule has 0 bridgehead atoms. The number of aromatic nitrogens is 3. The number of carbonyl (C=O) groups excluding carboxylic acids is 1. The number of aryl methyl sites for hydroxylation is 2. The minimum absolute atomic E-state index is 0. The van der Waals surface area contributed by atoms with Crippen LogP contribution < -0.4 is 16.6 Å². The van der Waals surface area contributed by atoms with Gasteiger partial charge < -0.3 is 36.7 Å². The number of aromatic amines is 2. The number of fused-ring (bicyclic) bond motifs is 1. The molecule has 0 aliphatic rings. The first kappa shape index (κ1) is 40.3. The number of nitrogen functional groups attached to an aromatic ring is 1. The van der Waals surface area contributed by atoms with Gasteiger partial charge in [-0.25, -0.2) is 4.79 Å². The molecule has 3 aromatic rings. The number of nitrogens with one attached hydrogen (secondary N) is 3. The molecule has 0 fully saturated rings. The van der Waals surface area contributed by atoms with E-state index in [1.807, 2.05) is 0 Å². The average molecular weight is 541 g/mol. The third-order valence-corrected chi connectivity index (χ3v) is 4.80. The van der Waals surface area contributed by atoms with Crippen molar-refractivity contribution in [2.45, 2.75) is 31.7 Å². The predicted octanol–water partition coefficient (Wildman–Crippen LogP) is -2.75. The zero-order valence-electron chi connectivity index (χ0n) is 16.8. The molecule has 16 heteroatoms. The van der Waals surface area contributed by atoms with E-state index >= 15 is 0 Å². The molecule has 0 aliphatic heterocycles. The van der Waals surface area contributed by atoms with Crippen LogP contribution in [0, 0.1) is 0 Å². The molecular weight excluding hydrogens is 514 g/mol. The molecule has 3 rings (SSSR count). The molecule has 0 saturated heterocycles. The summed E-state index contributed by atoms with van der Waals surface area (Å²) >= 11 is 0. The third-order valence-electron chi connectivity index (χ3n) is 4.80. The van der Waals surface area contributed by atoms with E-state index in [4.69, 9.17) is 15.9 Å². The number of hydrogen-bond acceptors (Lipinski definition) is 6. The summed E-state index contributed by atoms with van der Waals surface area (Å²) in [6, 6.07) is 5.30. The number of carboxylic acid groups (broad SMARTS) is 2. The second-order valence-corrected chi connectivity index (χ2v) is 6.98. The summed E-state index contributed by atoms with van der Waals surface area (Å²) in [5.41, 5.74) is 7.59. The van der Waals surface area contributed by atoms with Gasteiger partial charge in [0, 0.05) is 18.2 Å². The van der Waals surface area contributed by atoms with Crippen molar-refractivity contribution in [3.8, 4) is 0 Å². The van der Waals surface area contributed by atoms with Crippen LogP contribution in [0.3, 0.4) is 0 Å². The van der Waals surface area contributed by atoms with Gasteiger partial charge in [0.1, 0.15) is 11.7 Å². The Morgan fingerprint density at radius 2 is 1.64 bits per heavy atom. The Labute approximate surface area is 294 Å². The van der Waals surface area contributed by atoms with Crippen molar-refractivity contribution in [3.63, 3.8) is 0 Å². The molecule has 0 saturated carbocycles. The zero-order chi connectivity index (χ0) is 22.5. The van der Waals surface area contributed by atoms with Gasteiger partial charge in [-0.1, -0.05) is 12.1 Å². The van der Waals surface area contributed by atoms with Gasteiger partial charge in [-0.15, -0.1) is 0 Å². The van der Waals surface area contributed by atoms with E-state index in [1.54, 1.807) is 30.5 Å². The van der Waals surface area contributed by atoms with E-state index < -0.39 is 29.4 Å². The van der Waals surface area contributed by atoms with E-state index in [-0.39, 0.29) is 148 Å². The summed E-state index contributed by atoms with van der Waals surface area (Å²) in [4.78, 5) is 55.7. The van der Waals surface area contributed by atoms with Crippen molar-refractivity contribution in [2.75, 3.05) is 5.73 Å². The van der Waals surface area contributed by atoms with Crippen LogP contribution >= 0.6 is 0 Å². The van der Waals surface area contributed by atoms with Crippen molar-refractivity contribution >= 4 is 153 Å². The van der Waals surface area contributed by atoms with E-state index in [0.29, 0.717) is 23.9 Å². The fourth-order valence-corrected chi connectivity index (χ4v) is 3.19. The molecule has 36 heavy (non-hydrogen) atoms. The molecule has 1 atom stereocenters. The van der Waals surface area contributed by atoms with Crippen molar-refractivity contribution < 1.29 is 30.1 Å². The first-order valence-electron chi connectivity index (χ1n) is 9.44. The van der Waals surface area contributed by atoms with Crippen molar-refractivity contribution in [2.24, 2.45) is 0 Å². The number of rotatable bonds is 9. The molecule has 178 valence electrons. The maximum atomic E-state index is 12.3. The SMILES string of the molecule is Nc1nc(=O)c2c(CCc3ccc(C(=O)N[C@@H](CCC(=O)O)C(=O)O)cc3)c[nH]c2[nH]1.O.[NaH].[NaH].[NaH].[NaH]. The van der Waals surface area contributed by atoms with Crippen LogP contribution in [0.5, 0.6) is 0 Å². The second-order valence-electron chi connectivity index (χ2n) is 6.98. The monoisotopic (exact) mass is 541 g/mol. The Bertz CT molecular complexity index is 1200. The number of amides is 1. The first-order valence-corrected chi connectivity index (χ1v) is 9.44. The molecule has 0 spiro atoms. The Morgan fingerprint density at radius 1 is 1.03 bits per heavy atom. The van der Waals surface area contributed by atoms with Gasteiger partial charge >= 0.3 is 130 Å². The number of hydrogen-bond donors (Lipinski definition) is 6. The van der Waals surface area contributed by atoms with Gasteiger partial charge in [0.05, 0.1) is 5.39 Å². The van der Waals surface area contributed by atoms with Gasteiger partial charge in [0.2, 0.25) is 5.95 Å². The fraction of sp³-hybridized carbons (Fsp3) is 0.250. The Hall–Kier alpha value is -0.190. The summed E-state index contributed by atoms with van der Waals surface area (Å²) in [6.07, 6.45) is 2.29. The minimum atomic E-state index is -1.30. The summed E-state index contributed by atoms with van der Waals surface area (Å²) in [5, 5.41) is 20.6. The number of benzene rings is 1. The average Bonchev–Trinajstić information content (AvgIpc) is 3.12. The summed E-state index contributed by atoms with van der Waals surface area (Å²) in [7, 11) is 0. The van der Waals surface area contributed by atoms with Crippen molar-refractivity contribution in [1.29, 1.82) is 0 Å². The first-order chi connectivity index (χ1) is 14.7. The van der Waals surface area contributed by atoms with Crippen LogP contribution in [-0.4, -0.2) is 173 Å². The summed E-state index contributed by atoms with van der Waals surface area (Å²) in [6.45, 7) is 0. The number of nitrogens with two attached hydrogens (primary N) is 1. The van der Waals surface area contributed by atoms with E-state index in [9.17, 15) is 19.2 Å². The molecule has 1 amide bonds. The van der Waals surface area contributed by atoms with E-state index in [1.165, 1.54) is 0 Å². The standard InChI is InChI=1S/C20H21N5O6.4Na.H2O.4H/c21-20-24-16-15(18(29)25-20)12(9-22-16)6-3-10-1-4-11(5-2-10)17(28)23-13(19(30)31)7-8-14(26)27;;;;;;;;;/h1-2,4-5,9,13H,3,6-8H2,(H,23,28)(H,26,27)(H,30,31)(H4,21,22,24,25,29);;;;;1H2;;;;/t13-;;;;;;;;;/m0........./s1. The van der Waals surface area contributed by atoms with Gasteiger partial charge in [0.15, 0.2) is 0 Å². The fourth-order valence-electron chi connectivity index (χ4n) is 3.19. The predicted molar refractivity (Wildman–Crippen MR) is 143 cm³/mol. The van der Waals surface area contributed by atoms with Crippen molar-refractivity contribution in [3.05, 3.63) is 57.5 Å². The van der Waals surface area contributed by atoms with Crippen LogP contribution in [0.2, 0.25) is 0 Å². The van der Waals surface area contributed by atoms with Crippen LogP contribution in [0.25, 0.3) is 11.0 Å². The van der Waals surface area contributed by atoms with Gasteiger partial charge in [-0.2, -0.15) is 4.98 Å². The summed E-state index contributed by atoms with van der Waals surface area (Å²) in [5.74, 6) is -3.00. The number of carboxylic acids is 2. The second kappa shape index (κ2) is 19.0. The molecule has 2 heterocycles. The molecule has 0 unspecified atom stereocenters. The third kappa shape index (κ3) is 11.3. The number of aliphatic carboxylic acids is 2. The van der Waals surface area contributed by atoms with E-state index in [2.05, 4.69) is 20.3 Å². The molecular formula is C20H27N5Na4O7. The molecule has 9 N–H and O–H groups in total. The van der Waals surface area contributed by atoms with Crippen LogP contribution in [0.4, 0.5) is 5.95 Å². The maximum absolute atomic E-state index is 12.3. The topological polar surface area (TPSA) is 223 Å². The van der Waals surface area contributed by atoms with E-state index in [0.717, 1.165) is 11.1 Å². The van der Waals surface area contributed by atoms with Crippen LogP contribution in [0.15, 0.2) is 35.3 Å². The van der Waals surface area contributed by atoms with Gasteiger partial charge in [0.25, 0.3) is 11.5 Å². The Morgan fingerprint density at radius 3 is 2.19 bits per heavy atom.